The molecule has 1 saturated heterocycles. The lowest BCUT2D eigenvalue weighted by atomic mass is 9.97. The Morgan fingerprint density at radius 2 is 2.00 bits per heavy atom. The lowest BCUT2D eigenvalue weighted by Crippen LogP contribution is -2.43. The van der Waals surface area contributed by atoms with Crippen LogP contribution in [0, 0.1) is 19.8 Å². The number of carbonyl (C=O) groups is 1. The van der Waals surface area contributed by atoms with E-state index in [2.05, 4.69) is 34.3 Å². The molecular formula is C23H30N6O. The quantitative estimate of drug-likeness (QED) is 0.634. The van der Waals surface area contributed by atoms with Crippen LogP contribution >= 0.6 is 0 Å². The highest BCUT2D eigenvalue weighted by Crippen LogP contribution is 2.31. The number of hydrogen-bond donors (Lipinski definition) is 1. The molecule has 1 fully saturated rings. The lowest BCUT2D eigenvalue weighted by molar-refractivity contribution is -0.125. The second kappa shape index (κ2) is 8.81. The van der Waals surface area contributed by atoms with Crippen molar-refractivity contribution in [3.63, 3.8) is 0 Å². The standard InChI is InChI=1S/C23H30N6O/c1-4-5-13-24-23(30)18-10-9-14-28(15-18)22-21-20(16(2)25-26-22)17(3)29(27-21)19-11-7-6-8-12-19/h6-8,11-12,18H,4-5,9-10,13-15H2,1-3H3,(H,24,30)/t18-/m1/s1. The molecule has 7 heteroatoms. The Bertz CT molecular complexity index is 1030. The van der Waals surface area contributed by atoms with Gasteiger partial charge in [-0.2, -0.15) is 10.2 Å². The molecule has 7 nitrogen and oxygen atoms in total. The third-order valence-electron chi connectivity index (χ3n) is 5.91. The molecule has 30 heavy (non-hydrogen) atoms. The summed E-state index contributed by atoms with van der Waals surface area (Å²) >= 11 is 0. The summed E-state index contributed by atoms with van der Waals surface area (Å²) in [6.45, 7) is 8.45. The number of anilines is 1. The van der Waals surface area contributed by atoms with Crippen molar-refractivity contribution in [2.45, 2.75) is 46.5 Å². The number of amides is 1. The Labute approximate surface area is 177 Å². The first-order valence-electron chi connectivity index (χ1n) is 10.9. The second-order valence-corrected chi connectivity index (χ2v) is 8.10. The predicted octanol–water partition coefficient (Wildman–Crippen LogP) is 3.57. The first kappa shape index (κ1) is 20.3. The van der Waals surface area contributed by atoms with E-state index in [1.54, 1.807) is 0 Å². The maximum absolute atomic E-state index is 12.6. The van der Waals surface area contributed by atoms with Crippen molar-refractivity contribution in [1.29, 1.82) is 0 Å². The number of rotatable bonds is 6. The van der Waals surface area contributed by atoms with E-state index < -0.39 is 0 Å². The van der Waals surface area contributed by atoms with E-state index >= 15 is 0 Å². The van der Waals surface area contributed by atoms with Crippen LogP contribution in [0.4, 0.5) is 5.82 Å². The van der Waals surface area contributed by atoms with E-state index in [1.807, 2.05) is 41.9 Å². The molecular weight excluding hydrogens is 376 g/mol. The smallest absolute Gasteiger partial charge is 0.224 e. The second-order valence-electron chi connectivity index (χ2n) is 8.10. The van der Waals surface area contributed by atoms with Crippen LogP contribution in [-0.4, -0.2) is 45.5 Å². The van der Waals surface area contributed by atoms with Gasteiger partial charge in [-0.25, -0.2) is 4.68 Å². The van der Waals surface area contributed by atoms with Crippen molar-refractivity contribution in [2.75, 3.05) is 24.5 Å². The summed E-state index contributed by atoms with van der Waals surface area (Å²) in [5.41, 5.74) is 3.80. The minimum atomic E-state index is -0.0222. The number of nitrogens with one attached hydrogen (secondary N) is 1. The Balaban J connectivity index is 1.66. The van der Waals surface area contributed by atoms with Crippen molar-refractivity contribution in [3.05, 3.63) is 41.7 Å². The number of piperidine rings is 1. The SMILES string of the molecule is CCCCNC(=O)[C@@H]1CCCN(c2nnc(C)c3c(C)n(-c4ccccc4)nc23)C1. The van der Waals surface area contributed by atoms with Crippen molar-refractivity contribution in [2.24, 2.45) is 5.92 Å². The van der Waals surface area contributed by atoms with Gasteiger partial charge in [0, 0.05) is 19.6 Å². The molecule has 1 amide bonds. The summed E-state index contributed by atoms with van der Waals surface area (Å²) in [6, 6.07) is 10.1. The number of fused-ring (bicyclic) bond motifs is 1. The molecule has 0 saturated carbocycles. The van der Waals surface area contributed by atoms with Gasteiger partial charge in [-0.3, -0.25) is 4.79 Å². The van der Waals surface area contributed by atoms with Gasteiger partial charge in [-0.1, -0.05) is 31.5 Å². The summed E-state index contributed by atoms with van der Waals surface area (Å²) in [5, 5.41) is 18.0. The van der Waals surface area contributed by atoms with Crippen molar-refractivity contribution < 1.29 is 4.79 Å². The zero-order valence-corrected chi connectivity index (χ0v) is 18.1. The Morgan fingerprint density at radius 1 is 1.20 bits per heavy atom. The van der Waals surface area contributed by atoms with Gasteiger partial charge in [0.2, 0.25) is 5.91 Å². The van der Waals surface area contributed by atoms with E-state index in [0.717, 1.165) is 72.6 Å². The lowest BCUT2D eigenvalue weighted by Gasteiger charge is -2.32. The summed E-state index contributed by atoms with van der Waals surface area (Å²) in [7, 11) is 0. The highest BCUT2D eigenvalue weighted by Gasteiger charge is 2.29. The van der Waals surface area contributed by atoms with Gasteiger partial charge in [-0.15, -0.1) is 5.10 Å². The molecule has 0 unspecified atom stereocenters. The van der Waals surface area contributed by atoms with E-state index in [-0.39, 0.29) is 11.8 Å². The number of benzene rings is 1. The molecule has 0 radical (unpaired) electrons. The molecule has 0 bridgehead atoms. The highest BCUT2D eigenvalue weighted by atomic mass is 16.1. The molecule has 158 valence electrons. The summed E-state index contributed by atoms with van der Waals surface area (Å²) in [4.78, 5) is 14.8. The first-order chi connectivity index (χ1) is 14.6. The molecule has 2 aromatic heterocycles. The molecule has 3 aromatic rings. The third kappa shape index (κ3) is 3.88. The summed E-state index contributed by atoms with van der Waals surface area (Å²) < 4.78 is 1.96. The van der Waals surface area contributed by atoms with E-state index in [4.69, 9.17) is 5.10 Å². The summed E-state index contributed by atoms with van der Waals surface area (Å²) in [6.07, 6.45) is 3.97. The molecule has 3 heterocycles. The van der Waals surface area contributed by atoms with Gasteiger partial charge in [0.1, 0.15) is 5.52 Å². The fraction of sp³-hybridized carbons (Fsp3) is 0.478. The van der Waals surface area contributed by atoms with Crippen LogP contribution in [0.5, 0.6) is 0 Å². The maximum atomic E-state index is 12.6. The van der Waals surface area contributed by atoms with Gasteiger partial charge in [0.05, 0.1) is 28.4 Å². The highest BCUT2D eigenvalue weighted by molar-refractivity contribution is 5.92. The average Bonchev–Trinajstić information content (AvgIpc) is 3.13. The van der Waals surface area contributed by atoms with E-state index in [9.17, 15) is 4.79 Å². The number of aromatic nitrogens is 4. The minimum absolute atomic E-state index is 0.0222. The fourth-order valence-corrected chi connectivity index (χ4v) is 4.26. The number of carbonyl (C=O) groups excluding carboxylic acids is 1. The number of hydrogen-bond acceptors (Lipinski definition) is 5. The Morgan fingerprint density at radius 3 is 2.77 bits per heavy atom. The zero-order valence-electron chi connectivity index (χ0n) is 18.1. The van der Waals surface area contributed by atoms with Crippen LogP contribution in [0.15, 0.2) is 30.3 Å². The monoisotopic (exact) mass is 406 g/mol. The van der Waals surface area contributed by atoms with Crippen LogP contribution in [0.1, 0.15) is 44.0 Å². The van der Waals surface area contributed by atoms with E-state index in [1.165, 1.54) is 0 Å². The van der Waals surface area contributed by atoms with Gasteiger partial charge in [-0.05, 0) is 45.2 Å². The summed E-state index contributed by atoms with van der Waals surface area (Å²) in [5.74, 6) is 0.904. The van der Waals surface area contributed by atoms with Gasteiger partial charge in [0.25, 0.3) is 0 Å². The number of unbranched alkanes of at least 4 members (excludes halogenated alkanes) is 1. The van der Waals surface area contributed by atoms with Crippen LogP contribution in [0.3, 0.4) is 0 Å². The third-order valence-corrected chi connectivity index (χ3v) is 5.91. The van der Waals surface area contributed by atoms with Crippen LogP contribution in [-0.2, 0) is 4.79 Å². The van der Waals surface area contributed by atoms with Crippen molar-refractivity contribution in [3.8, 4) is 5.69 Å². The predicted molar refractivity (Wildman–Crippen MR) is 119 cm³/mol. The van der Waals surface area contributed by atoms with Crippen LogP contribution < -0.4 is 10.2 Å². The largest absolute Gasteiger partial charge is 0.356 e. The number of nitrogens with zero attached hydrogens (tertiary/aromatic N) is 5. The topological polar surface area (TPSA) is 75.9 Å². The zero-order chi connectivity index (χ0) is 21.1. The number of aryl methyl sites for hydroxylation is 2. The van der Waals surface area contributed by atoms with E-state index in [0.29, 0.717) is 6.54 Å². The minimum Gasteiger partial charge on any atom is -0.356 e. The van der Waals surface area contributed by atoms with Crippen molar-refractivity contribution >= 4 is 22.6 Å². The molecule has 1 atom stereocenters. The molecule has 1 N–H and O–H groups in total. The van der Waals surface area contributed by atoms with Gasteiger partial charge < -0.3 is 10.2 Å². The molecule has 0 spiro atoms. The maximum Gasteiger partial charge on any atom is 0.224 e. The normalized spacial score (nSPS) is 16.8. The van der Waals surface area contributed by atoms with Crippen LogP contribution in [0.25, 0.3) is 16.6 Å². The Hall–Kier alpha value is -2.96. The van der Waals surface area contributed by atoms with Gasteiger partial charge >= 0.3 is 0 Å². The van der Waals surface area contributed by atoms with Crippen LogP contribution in [0.2, 0.25) is 0 Å². The average molecular weight is 407 g/mol. The van der Waals surface area contributed by atoms with Gasteiger partial charge in [0.15, 0.2) is 5.82 Å². The first-order valence-corrected chi connectivity index (χ1v) is 10.9. The molecule has 0 aliphatic carbocycles. The number of para-hydroxylation sites is 1. The molecule has 1 aliphatic heterocycles. The molecule has 1 aromatic carbocycles. The van der Waals surface area contributed by atoms with Crippen molar-refractivity contribution in [1.82, 2.24) is 25.3 Å². The molecule has 4 rings (SSSR count). The fourth-order valence-electron chi connectivity index (χ4n) is 4.26. The molecule has 1 aliphatic rings. The Kier molecular flexibility index (Phi) is 5.97.